The topological polar surface area (TPSA) is 102 Å². The molecular formula is C13H23N5O3. The molecular weight excluding hydrogens is 274 g/mol. The Balaban J connectivity index is 2.50. The lowest BCUT2D eigenvalue weighted by Gasteiger charge is -2.09. The van der Waals surface area contributed by atoms with Crippen molar-refractivity contribution in [3.05, 3.63) is 16.4 Å². The van der Waals surface area contributed by atoms with Crippen molar-refractivity contribution in [1.29, 1.82) is 0 Å². The van der Waals surface area contributed by atoms with E-state index in [1.807, 2.05) is 6.92 Å². The van der Waals surface area contributed by atoms with Gasteiger partial charge in [-0.15, -0.1) is 0 Å². The molecule has 0 saturated carbocycles. The van der Waals surface area contributed by atoms with Crippen LogP contribution in [0.2, 0.25) is 0 Å². The van der Waals surface area contributed by atoms with Crippen molar-refractivity contribution in [3.8, 4) is 0 Å². The number of nitro groups is 1. The first-order valence-corrected chi connectivity index (χ1v) is 7.25. The van der Waals surface area contributed by atoms with Crippen molar-refractivity contribution in [2.24, 2.45) is 0 Å². The third-order valence-corrected chi connectivity index (χ3v) is 2.75. The van der Waals surface area contributed by atoms with Crippen LogP contribution in [-0.4, -0.2) is 41.2 Å². The second kappa shape index (κ2) is 9.87. The predicted molar refractivity (Wildman–Crippen MR) is 81.7 cm³/mol. The molecule has 0 spiro atoms. The van der Waals surface area contributed by atoms with E-state index in [1.54, 1.807) is 0 Å². The Labute approximate surface area is 124 Å². The monoisotopic (exact) mass is 297 g/mol. The summed E-state index contributed by atoms with van der Waals surface area (Å²) in [7, 11) is 0. The normalized spacial score (nSPS) is 10.4. The van der Waals surface area contributed by atoms with Gasteiger partial charge in [-0.2, -0.15) is 0 Å². The zero-order valence-corrected chi connectivity index (χ0v) is 12.6. The smallest absolute Gasteiger partial charge is 0.353 e. The molecule has 8 nitrogen and oxygen atoms in total. The molecule has 0 bridgehead atoms. The molecule has 0 aliphatic rings. The Morgan fingerprint density at radius 1 is 1.19 bits per heavy atom. The van der Waals surface area contributed by atoms with Gasteiger partial charge in [0, 0.05) is 26.3 Å². The van der Waals surface area contributed by atoms with E-state index < -0.39 is 4.92 Å². The van der Waals surface area contributed by atoms with Crippen LogP contribution in [0.15, 0.2) is 6.33 Å². The first kappa shape index (κ1) is 17.1. The Hall–Kier alpha value is -1.96. The average Bonchev–Trinajstić information content (AvgIpc) is 2.46. The summed E-state index contributed by atoms with van der Waals surface area (Å²) in [6, 6.07) is 0. The van der Waals surface area contributed by atoms with Crippen molar-refractivity contribution in [3.63, 3.8) is 0 Å². The molecule has 0 amide bonds. The SMILES string of the molecule is CCCCOCCCNc1ncnc(NCC)c1[N+](=O)[O-]. The van der Waals surface area contributed by atoms with Gasteiger partial charge in [0.15, 0.2) is 0 Å². The lowest BCUT2D eigenvalue weighted by atomic mass is 10.3. The summed E-state index contributed by atoms with van der Waals surface area (Å²) >= 11 is 0. The summed E-state index contributed by atoms with van der Waals surface area (Å²) in [4.78, 5) is 18.5. The van der Waals surface area contributed by atoms with E-state index in [0.29, 0.717) is 19.7 Å². The molecule has 1 heterocycles. The lowest BCUT2D eigenvalue weighted by molar-refractivity contribution is -0.383. The molecule has 8 heteroatoms. The quantitative estimate of drug-likeness (QED) is 0.367. The number of aromatic nitrogens is 2. The Morgan fingerprint density at radius 3 is 2.48 bits per heavy atom. The molecule has 0 aliphatic carbocycles. The van der Waals surface area contributed by atoms with Crippen molar-refractivity contribution in [1.82, 2.24) is 9.97 Å². The Morgan fingerprint density at radius 2 is 1.86 bits per heavy atom. The number of nitrogens with one attached hydrogen (secondary N) is 2. The fourth-order valence-electron chi connectivity index (χ4n) is 1.71. The molecule has 0 radical (unpaired) electrons. The summed E-state index contributed by atoms with van der Waals surface area (Å²) in [5.41, 5.74) is -0.119. The van der Waals surface area contributed by atoms with Gasteiger partial charge >= 0.3 is 5.69 Å². The molecule has 21 heavy (non-hydrogen) atoms. The maximum absolute atomic E-state index is 11.1. The number of nitrogens with zero attached hydrogens (tertiary/aromatic N) is 3. The second-order valence-electron chi connectivity index (χ2n) is 4.45. The highest BCUT2D eigenvalue weighted by Crippen LogP contribution is 2.28. The zero-order valence-electron chi connectivity index (χ0n) is 12.6. The molecule has 2 N–H and O–H groups in total. The summed E-state index contributed by atoms with van der Waals surface area (Å²) in [5, 5.41) is 17.0. The van der Waals surface area contributed by atoms with Crippen molar-refractivity contribution >= 4 is 17.3 Å². The van der Waals surface area contributed by atoms with Crippen LogP contribution in [0, 0.1) is 10.1 Å². The molecule has 1 aromatic heterocycles. The van der Waals surface area contributed by atoms with Gasteiger partial charge in [0.2, 0.25) is 11.6 Å². The van der Waals surface area contributed by atoms with Crippen LogP contribution in [0.5, 0.6) is 0 Å². The molecule has 118 valence electrons. The standard InChI is InChI=1S/C13H23N5O3/c1-3-5-8-21-9-6-7-15-13-11(18(19)20)12(14-4-2)16-10-17-13/h10H,3-9H2,1-2H3,(H2,14,15,16,17). The predicted octanol–water partition coefficient (Wildman–Crippen LogP) is 2.44. The Bertz CT molecular complexity index is 442. The van der Waals surface area contributed by atoms with E-state index >= 15 is 0 Å². The van der Waals surface area contributed by atoms with Gasteiger partial charge in [-0.05, 0) is 19.8 Å². The number of unbranched alkanes of at least 4 members (excludes halogenated alkanes) is 1. The number of hydrogen-bond acceptors (Lipinski definition) is 7. The van der Waals surface area contributed by atoms with Crippen molar-refractivity contribution in [2.45, 2.75) is 33.1 Å². The van der Waals surface area contributed by atoms with Crippen LogP contribution >= 0.6 is 0 Å². The molecule has 1 rings (SSSR count). The van der Waals surface area contributed by atoms with E-state index in [2.05, 4.69) is 27.5 Å². The average molecular weight is 297 g/mol. The molecule has 0 atom stereocenters. The van der Waals surface area contributed by atoms with Gasteiger partial charge in [-0.1, -0.05) is 13.3 Å². The Kier molecular flexibility index (Phi) is 8.03. The molecule has 0 unspecified atom stereocenters. The molecule has 0 aromatic carbocycles. The maximum Gasteiger partial charge on any atom is 0.353 e. The van der Waals surface area contributed by atoms with Gasteiger partial charge in [-0.3, -0.25) is 10.1 Å². The molecule has 1 aromatic rings. The fraction of sp³-hybridized carbons (Fsp3) is 0.692. The van der Waals surface area contributed by atoms with Crippen LogP contribution in [0.1, 0.15) is 33.1 Å². The minimum atomic E-state index is -0.474. The van der Waals surface area contributed by atoms with Crippen LogP contribution in [0.4, 0.5) is 17.3 Å². The van der Waals surface area contributed by atoms with E-state index in [1.165, 1.54) is 6.33 Å². The van der Waals surface area contributed by atoms with Gasteiger partial charge in [0.05, 0.1) is 4.92 Å². The molecule has 0 fully saturated rings. The van der Waals surface area contributed by atoms with Crippen LogP contribution in [0.3, 0.4) is 0 Å². The second-order valence-corrected chi connectivity index (χ2v) is 4.45. The van der Waals surface area contributed by atoms with Gasteiger partial charge in [-0.25, -0.2) is 9.97 Å². The highest BCUT2D eigenvalue weighted by molar-refractivity contribution is 5.69. The maximum atomic E-state index is 11.1. The number of ether oxygens (including phenoxy) is 1. The summed E-state index contributed by atoms with van der Waals surface area (Å²) < 4.78 is 5.43. The summed E-state index contributed by atoms with van der Waals surface area (Å²) in [6.07, 6.45) is 4.24. The van der Waals surface area contributed by atoms with E-state index in [9.17, 15) is 10.1 Å². The number of anilines is 2. The largest absolute Gasteiger partial charge is 0.381 e. The van der Waals surface area contributed by atoms with Crippen LogP contribution < -0.4 is 10.6 Å². The minimum Gasteiger partial charge on any atom is -0.381 e. The van der Waals surface area contributed by atoms with E-state index in [4.69, 9.17) is 4.74 Å². The highest BCUT2D eigenvalue weighted by atomic mass is 16.6. The van der Waals surface area contributed by atoms with Gasteiger partial charge in [0.25, 0.3) is 0 Å². The van der Waals surface area contributed by atoms with Crippen molar-refractivity contribution < 1.29 is 9.66 Å². The lowest BCUT2D eigenvalue weighted by Crippen LogP contribution is -2.12. The number of hydrogen-bond donors (Lipinski definition) is 2. The highest BCUT2D eigenvalue weighted by Gasteiger charge is 2.21. The third kappa shape index (κ3) is 5.90. The minimum absolute atomic E-state index is 0.119. The summed E-state index contributed by atoms with van der Waals surface area (Å²) in [6.45, 7) is 6.48. The van der Waals surface area contributed by atoms with E-state index in [0.717, 1.165) is 25.9 Å². The molecule has 0 aliphatic heterocycles. The van der Waals surface area contributed by atoms with Gasteiger partial charge in [0.1, 0.15) is 6.33 Å². The summed E-state index contributed by atoms with van der Waals surface area (Å²) in [5.74, 6) is 0.471. The molecule has 0 saturated heterocycles. The van der Waals surface area contributed by atoms with Crippen molar-refractivity contribution in [2.75, 3.05) is 36.9 Å². The fourth-order valence-corrected chi connectivity index (χ4v) is 1.71. The first-order valence-electron chi connectivity index (χ1n) is 7.25. The van der Waals surface area contributed by atoms with E-state index in [-0.39, 0.29) is 17.3 Å². The van der Waals surface area contributed by atoms with Gasteiger partial charge < -0.3 is 15.4 Å². The van der Waals surface area contributed by atoms with Crippen LogP contribution in [0.25, 0.3) is 0 Å². The van der Waals surface area contributed by atoms with Crippen LogP contribution in [-0.2, 0) is 4.74 Å². The third-order valence-electron chi connectivity index (χ3n) is 2.75. The zero-order chi connectivity index (χ0) is 15.5. The number of rotatable bonds is 11. The first-order chi connectivity index (χ1) is 10.2.